The van der Waals surface area contributed by atoms with Gasteiger partial charge in [-0.05, 0) is 55.7 Å². The van der Waals surface area contributed by atoms with Crippen molar-refractivity contribution in [3.05, 3.63) is 51.9 Å². The fourth-order valence-electron chi connectivity index (χ4n) is 3.53. The predicted molar refractivity (Wildman–Crippen MR) is 121 cm³/mol. The molecule has 1 saturated heterocycles. The summed E-state index contributed by atoms with van der Waals surface area (Å²) in [6, 6.07) is 8.77. The van der Waals surface area contributed by atoms with Crippen LogP contribution in [0.15, 0.2) is 50.7 Å². The van der Waals surface area contributed by atoms with Crippen molar-refractivity contribution in [3.63, 3.8) is 0 Å². The maximum absolute atomic E-state index is 5.60. The Hall–Kier alpha value is -2.16. The van der Waals surface area contributed by atoms with Gasteiger partial charge in [0, 0.05) is 18.0 Å². The van der Waals surface area contributed by atoms with Crippen molar-refractivity contribution in [3.8, 4) is 10.8 Å². The Morgan fingerprint density at radius 3 is 2.76 bits per heavy atom. The molecule has 0 spiro atoms. The normalized spacial score (nSPS) is 16.2. The molecule has 4 heterocycles. The number of nitrogens with one attached hydrogen (secondary N) is 2. The second-order valence-electron chi connectivity index (χ2n) is 6.97. The van der Waals surface area contributed by atoms with E-state index in [1.807, 2.05) is 28.8 Å². The molecule has 6 nitrogen and oxygen atoms in total. The van der Waals surface area contributed by atoms with Crippen molar-refractivity contribution in [2.45, 2.75) is 32.4 Å². The summed E-state index contributed by atoms with van der Waals surface area (Å²) >= 11 is 3.45. The van der Waals surface area contributed by atoms with Gasteiger partial charge in [0.1, 0.15) is 12.0 Å². The third kappa shape index (κ3) is 5.26. The lowest BCUT2D eigenvalue weighted by Crippen LogP contribution is -2.42. The van der Waals surface area contributed by atoms with E-state index in [1.54, 1.807) is 17.6 Å². The van der Waals surface area contributed by atoms with E-state index in [1.165, 1.54) is 30.8 Å². The Bertz CT molecular complexity index is 882. The molecule has 1 aliphatic heterocycles. The second-order valence-corrected chi connectivity index (χ2v) is 8.90. The summed E-state index contributed by atoms with van der Waals surface area (Å²) in [6.07, 6.45) is 4.27. The number of hydrogen-bond donors (Lipinski definition) is 2. The zero-order chi connectivity index (χ0) is 19.9. The van der Waals surface area contributed by atoms with Gasteiger partial charge in [-0.3, -0.25) is 4.90 Å². The van der Waals surface area contributed by atoms with E-state index in [9.17, 15) is 0 Å². The first-order valence-corrected chi connectivity index (χ1v) is 11.9. The topological polar surface area (TPSA) is 65.7 Å². The van der Waals surface area contributed by atoms with Crippen LogP contribution >= 0.6 is 22.7 Å². The molecule has 1 unspecified atom stereocenters. The van der Waals surface area contributed by atoms with Gasteiger partial charge in [-0.2, -0.15) is 0 Å². The van der Waals surface area contributed by atoms with E-state index in [0.717, 1.165) is 29.6 Å². The molecule has 1 fully saturated rings. The van der Waals surface area contributed by atoms with Crippen LogP contribution in [0.2, 0.25) is 0 Å². The molecule has 1 aliphatic rings. The minimum Gasteiger partial charge on any atom is -0.443 e. The van der Waals surface area contributed by atoms with Crippen molar-refractivity contribution < 1.29 is 4.42 Å². The third-order valence-corrected chi connectivity index (χ3v) is 6.77. The number of likely N-dealkylation sites (tertiary alicyclic amines) is 1. The van der Waals surface area contributed by atoms with Crippen molar-refractivity contribution in [2.24, 2.45) is 4.99 Å². The van der Waals surface area contributed by atoms with Gasteiger partial charge in [0.25, 0.3) is 0 Å². The fraction of sp³-hybridized carbons (Fsp3) is 0.429. The molecule has 8 heteroatoms. The highest BCUT2D eigenvalue weighted by Crippen LogP contribution is 2.28. The van der Waals surface area contributed by atoms with E-state index in [0.29, 0.717) is 18.5 Å². The van der Waals surface area contributed by atoms with Gasteiger partial charge in [0.15, 0.2) is 5.96 Å². The minimum atomic E-state index is 0.388. The van der Waals surface area contributed by atoms with Crippen LogP contribution in [-0.4, -0.2) is 42.0 Å². The van der Waals surface area contributed by atoms with Crippen LogP contribution in [0.5, 0.6) is 0 Å². The largest absolute Gasteiger partial charge is 0.443 e. The molecule has 0 saturated carbocycles. The quantitative estimate of drug-likeness (QED) is 0.411. The number of thiophene rings is 2. The number of oxazole rings is 1. The summed E-state index contributed by atoms with van der Waals surface area (Å²) < 4.78 is 5.60. The minimum absolute atomic E-state index is 0.388. The molecule has 0 aromatic carbocycles. The van der Waals surface area contributed by atoms with Crippen LogP contribution in [0.4, 0.5) is 0 Å². The van der Waals surface area contributed by atoms with Crippen molar-refractivity contribution in [2.75, 3.05) is 26.2 Å². The predicted octanol–water partition coefficient (Wildman–Crippen LogP) is 4.36. The van der Waals surface area contributed by atoms with E-state index in [2.05, 4.69) is 45.0 Å². The van der Waals surface area contributed by atoms with Gasteiger partial charge < -0.3 is 15.1 Å². The highest BCUT2D eigenvalue weighted by atomic mass is 32.1. The smallest absolute Gasteiger partial charge is 0.236 e. The van der Waals surface area contributed by atoms with Gasteiger partial charge >= 0.3 is 0 Å². The fourth-order valence-corrected chi connectivity index (χ4v) is 5.05. The lowest BCUT2D eigenvalue weighted by atomic mass is 10.2. The average molecular weight is 430 g/mol. The zero-order valence-corrected chi connectivity index (χ0v) is 18.3. The van der Waals surface area contributed by atoms with Crippen molar-refractivity contribution in [1.82, 2.24) is 20.5 Å². The first-order chi connectivity index (χ1) is 14.3. The molecule has 4 rings (SSSR count). The van der Waals surface area contributed by atoms with E-state index < -0.39 is 0 Å². The lowest BCUT2D eigenvalue weighted by Gasteiger charge is -2.27. The Kier molecular flexibility index (Phi) is 6.97. The monoisotopic (exact) mass is 429 g/mol. The molecular weight excluding hydrogens is 402 g/mol. The number of nitrogens with zero attached hydrogens (tertiary/aromatic N) is 3. The molecule has 3 aromatic heterocycles. The average Bonchev–Trinajstić information content (AvgIpc) is 3.54. The van der Waals surface area contributed by atoms with Gasteiger partial charge in [-0.15, -0.1) is 22.7 Å². The van der Waals surface area contributed by atoms with E-state index >= 15 is 0 Å². The van der Waals surface area contributed by atoms with Crippen molar-refractivity contribution in [1.29, 1.82) is 0 Å². The second kappa shape index (κ2) is 10.0. The SMILES string of the molecule is CCNC(=NCc1coc(-c2cccs2)n1)NCC(c1cccs1)N1CCCC1. The molecule has 2 N–H and O–H groups in total. The summed E-state index contributed by atoms with van der Waals surface area (Å²) in [6.45, 7) is 6.56. The van der Waals surface area contributed by atoms with Gasteiger partial charge in [-0.1, -0.05) is 12.1 Å². The molecule has 0 aliphatic carbocycles. The Labute approximate surface area is 179 Å². The summed E-state index contributed by atoms with van der Waals surface area (Å²) in [4.78, 5) is 14.3. The maximum atomic E-state index is 5.60. The third-order valence-electron chi connectivity index (χ3n) is 4.94. The van der Waals surface area contributed by atoms with Crippen LogP contribution in [0, 0.1) is 0 Å². The number of aromatic nitrogens is 1. The van der Waals surface area contributed by atoms with Crippen LogP contribution < -0.4 is 10.6 Å². The van der Waals surface area contributed by atoms with Gasteiger partial charge in [0.2, 0.25) is 5.89 Å². The summed E-state index contributed by atoms with van der Waals surface area (Å²) in [5.74, 6) is 1.48. The first-order valence-electron chi connectivity index (χ1n) is 10.1. The number of hydrogen-bond acceptors (Lipinski definition) is 6. The first kappa shape index (κ1) is 20.1. The Morgan fingerprint density at radius 2 is 2.03 bits per heavy atom. The molecule has 0 bridgehead atoms. The number of guanidine groups is 1. The van der Waals surface area contributed by atoms with Crippen LogP contribution in [0.1, 0.15) is 36.4 Å². The van der Waals surface area contributed by atoms with Gasteiger partial charge in [-0.25, -0.2) is 9.98 Å². The summed E-state index contributed by atoms with van der Waals surface area (Å²) in [5.41, 5.74) is 0.833. The summed E-state index contributed by atoms with van der Waals surface area (Å²) in [5, 5.41) is 11.1. The molecule has 0 amide bonds. The number of rotatable bonds is 8. The molecule has 0 radical (unpaired) electrons. The lowest BCUT2D eigenvalue weighted by molar-refractivity contribution is 0.249. The highest BCUT2D eigenvalue weighted by molar-refractivity contribution is 7.13. The van der Waals surface area contributed by atoms with E-state index in [4.69, 9.17) is 9.41 Å². The molecule has 29 heavy (non-hydrogen) atoms. The standard InChI is InChI=1S/C21H27N5OS2/c1-2-22-21(23-13-16-15-27-20(25-16)19-8-6-12-29-19)24-14-17(18-7-5-11-28-18)26-9-3-4-10-26/h5-8,11-12,15,17H,2-4,9-10,13-14H2,1H3,(H2,22,23,24). The maximum Gasteiger partial charge on any atom is 0.236 e. The van der Waals surface area contributed by atoms with E-state index in [-0.39, 0.29) is 0 Å². The van der Waals surface area contributed by atoms with Crippen LogP contribution in [0.25, 0.3) is 10.8 Å². The Balaban J connectivity index is 1.40. The van der Waals surface area contributed by atoms with Crippen LogP contribution in [0.3, 0.4) is 0 Å². The molecule has 1 atom stereocenters. The van der Waals surface area contributed by atoms with Crippen LogP contribution in [-0.2, 0) is 6.54 Å². The zero-order valence-electron chi connectivity index (χ0n) is 16.6. The Morgan fingerprint density at radius 1 is 1.21 bits per heavy atom. The summed E-state index contributed by atoms with van der Waals surface area (Å²) in [7, 11) is 0. The molecular formula is C21H27N5OS2. The number of aliphatic imine (C=N–C) groups is 1. The highest BCUT2D eigenvalue weighted by Gasteiger charge is 2.24. The molecule has 154 valence electrons. The van der Waals surface area contributed by atoms with Crippen molar-refractivity contribution >= 4 is 28.6 Å². The molecule has 3 aromatic rings. The van der Waals surface area contributed by atoms with Gasteiger partial charge in [0.05, 0.1) is 17.5 Å².